The Morgan fingerprint density at radius 1 is 1.39 bits per heavy atom. The first-order valence-corrected chi connectivity index (χ1v) is 6.88. The monoisotopic (exact) mass is 289 g/mol. The van der Waals surface area contributed by atoms with Crippen LogP contribution in [0.15, 0.2) is 6.07 Å². The molecule has 0 atom stereocenters. The van der Waals surface area contributed by atoms with Gasteiger partial charge in [0, 0.05) is 19.2 Å². The van der Waals surface area contributed by atoms with Crippen LogP contribution in [0.2, 0.25) is 10.0 Å². The Hall–Kier alpha value is -0.710. The van der Waals surface area contributed by atoms with E-state index >= 15 is 0 Å². The Balaban J connectivity index is 2.25. The number of nitrogens with two attached hydrogens (primary N) is 1. The molecular formula is C12H17Cl2N3O. The Morgan fingerprint density at radius 2 is 2.11 bits per heavy atom. The number of halogens is 2. The van der Waals surface area contributed by atoms with Crippen molar-refractivity contribution in [1.82, 2.24) is 4.98 Å². The van der Waals surface area contributed by atoms with Gasteiger partial charge in [-0.1, -0.05) is 23.2 Å². The van der Waals surface area contributed by atoms with E-state index in [1.54, 1.807) is 6.07 Å². The molecule has 0 bridgehead atoms. The summed E-state index contributed by atoms with van der Waals surface area (Å²) in [5, 5.41) is 9.86. The van der Waals surface area contributed by atoms with Crippen LogP contribution in [0, 0.1) is 0 Å². The molecule has 18 heavy (non-hydrogen) atoms. The summed E-state index contributed by atoms with van der Waals surface area (Å²) in [6.45, 7) is 0.888. The molecule has 0 radical (unpaired) electrons. The molecule has 0 amide bonds. The van der Waals surface area contributed by atoms with E-state index in [9.17, 15) is 0 Å². The van der Waals surface area contributed by atoms with E-state index in [4.69, 9.17) is 34.0 Å². The van der Waals surface area contributed by atoms with Crippen molar-refractivity contribution in [1.29, 1.82) is 0 Å². The molecule has 1 heterocycles. The molecule has 2 rings (SSSR count). The van der Waals surface area contributed by atoms with Gasteiger partial charge in [0.1, 0.15) is 11.6 Å². The van der Waals surface area contributed by atoms with Crippen molar-refractivity contribution in [3.05, 3.63) is 16.1 Å². The first-order valence-electron chi connectivity index (χ1n) is 6.12. The molecule has 0 unspecified atom stereocenters. The minimum atomic E-state index is 0.157. The van der Waals surface area contributed by atoms with Gasteiger partial charge in [-0.2, -0.15) is 0 Å². The van der Waals surface area contributed by atoms with Crippen molar-refractivity contribution < 1.29 is 5.11 Å². The van der Waals surface area contributed by atoms with E-state index in [2.05, 4.69) is 9.88 Å². The average molecular weight is 290 g/mol. The average Bonchev–Trinajstić information content (AvgIpc) is 2.27. The van der Waals surface area contributed by atoms with E-state index in [0.717, 1.165) is 19.4 Å². The Bertz CT molecular complexity index is 424. The molecule has 1 aliphatic carbocycles. The number of aliphatic hydroxyl groups is 1. The van der Waals surface area contributed by atoms with Gasteiger partial charge in [-0.05, 0) is 31.7 Å². The van der Waals surface area contributed by atoms with Gasteiger partial charge in [-0.15, -0.1) is 0 Å². The standard InChI is InChI=1S/C12H17Cl2N3O/c13-9-7-10(14)12(16-11(9)15)17(5-2-6-18)8-3-1-4-8/h7-8,18H,1-6H2,(H2,15,16). The first kappa shape index (κ1) is 13.7. The van der Waals surface area contributed by atoms with E-state index < -0.39 is 0 Å². The highest BCUT2D eigenvalue weighted by atomic mass is 35.5. The van der Waals surface area contributed by atoms with Crippen LogP contribution in [0.5, 0.6) is 0 Å². The van der Waals surface area contributed by atoms with Crippen LogP contribution < -0.4 is 10.6 Å². The summed E-state index contributed by atoms with van der Waals surface area (Å²) in [4.78, 5) is 6.42. The van der Waals surface area contributed by atoms with Crippen molar-refractivity contribution in [3.63, 3.8) is 0 Å². The van der Waals surface area contributed by atoms with Gasteiger partial charge in [0.15, 0.2) is 0 Å². The molecule has 1 saturated carbocycles. The van der Waals surface area contributed by atoms with Crippen molar-refractivity contribution >= 4 is 34.8 Å². The molecule has 100 valence electrons. The fourth-order valence-electron chi connectivity index (χ4n) is 2.07. The maximum atomic E-state index is 8.98. The zero-order valence-corrected chi connectivity index (χ0v) is 11.6. The summed E-state index contributed by atoms with van der Waals surface area (Å²) in [6, 6.07) is 2.08. The number of nitrogen functional groups attached to an aromatic ring is 1. The van der Waals surface area contributed by atoms with E-state index in [1.807, 2.05) is 0 Å². The maximum Gasteiger partial charge on any atom is 0.150 e. The molecule has 3 N–H and O–H groups in total. The quantitative estimate of drug-likeness (QED) is 0.875. The molecule has 0 aromatic carbocycles. The van der Waals surface area contributed by atoms with Gasteiger partial charge in [0.2, 0.25) is 0 Å². The van der Waals surface area contributed by atoms with Gasteiger partial charge < -0.3 is 15.7 Å². The van der Waals surface area contributed by atoms with Gasteiger partial charge >= 0.3 is 0 Å². The second-order valence-corrected chi connectivity index (χ2v) is 5.33. The first-order chi connectivity index (χ1) is 8.63. The number of hydrogen-bond donors (Lipinski definition) is 2. The lowest BCUT2D eigenvalue weighted by Crippen LogP contribution is -2.41. The smallest absolute Gasteiger partial charge is 0.150 e. The molecule has 1 aromatic heterocycles. The summed E-state index contributed by atoms with van der Waals surface area (Å²) in [5.74, 6) is 0.973. The summed E-state index contributed by atoms with van der Waals surface area (Å²) >= 11 is 12.1. The van der Waals surface area contributed by atoms with E-state index in [-0.39, 0.29) is 6.61 Å². The zero-order chi connectivity index (χ0) is 13.1. The van der Waals surface area contributed by atoms with Crippen LogP contribution in [0.3, 0.4) is 0 Å². The number of aliphatic hydroxyl groups excluding tert-OH is 1. The topological polar surface area (TPSA) is 62.4 Å². The lowest BCUT2D eigenvalue weighted by atomic mass is 9.91. The molecule has 4 nitrogen and oxygen atoms in total. The third-order valence-corrected chi connectivity index (χ3v) is 3.86. The lowest BCUT2D eigenvalue weighted by molar-refractivity contribution is 0.282. The van der Waals surface area contributed by atoms with Gasteiger partial charge in [0.05, 0.1) is 10.0 Å². The molecule has 0 spiro atoms. The highest BCUT2D eigenvalue weighted by Gasteiger charge is 2.27. The summed E-state index contributed by atoms with van der Waals surface area (Å²) < 4.78 is 0. The van der Waals surface area contributed by atoms with Crippen molar-refractivity contribution in [2.24, 2.45) is 0 Å². The van der Waals surface area contributed by atoms with Crippen LogP contribution in [0.1, 0.15) is 25.7 Å². The number of anilines is 2. The molecular weight excluding hydrogens is 273 g/mol. The highest BCUT2D eigenvalue weighted by molar-refractivity contribution is 6.37. The summed E-state index contributed by atoms with van der Waals surface area (Å²) in [7, 11) is 0. The van der Waals surface area contributed by atoms with Gasteiger partial charge in [-0.25, -0.2) is 4.98 Å². The van der Waals surface area contributed by atoms with Gasteiger partial charge in [-0.3, -0.25) is 0 Å². The van der Waals surface area contributed by atoms with Gasteiger partial charge in [0.25, 0.3) is 0 Å². The normalized spacial score (nSPS) is 15.5. The largest absolute Gasteiger partial charge is 0.396 e. The highest BCUT2D eigenvalue weighted by Crippen LogP contribution is 2.35. The molecule has 6 heteroatoms. The number of pyridine rings is 1. The van der Waals surface area contributed by atoms with Crippen LogP contribution in [-0.2, 0) is 0 Å². The van der Waals surface area contributed by atoms with Crippen LogP contribution in [0.4, 0.5) is 11.6 Å². The third-order valence-electron chi connectivity index (χ3n) is 3.28. The van der Waals surface area contributed by atoms with Crippen LogP contribution >= 0.6 is 23.2 Å². The predicted octanol–water partition coefficient (Wildman–Crippen LogP) is 2.71. The minimum Gasteiger partial charge on any atom is -0.396 e. The van der Waals surface area contributed by atoms with E-state index in [0.29, 0.717) is 34.1 Å². The summed E-state index contributed by atoms with van der Waals surface area (Å²) in [6.07, 6.45) is 4.18. The Labute approximate surface area is 117 Å². The van der Waals surface area contributed by atoms with Crippen molar-refractivity contribution in [2.75, 3.05) is 23.8 Å². The summed E-state index contributed by atoms with van der Waals surface area (Å²) in [5.41, 5.74) is 5.74. The molecule has 1 fully saturated rings. The molecule has 1 aromatic rings. The fraction of sp³-hybridized carbons (Fsp3) is 0.583. The van der Waals surface area contributed by atoms with Crippen LogP contribution in [-0.4, -0.2) is 29.3 Å². The zero-order valence-electron chi connectivity index (χ0n) is 10.1. The molecule has 0 saturated heterocycles. The second kappa shape index (κ2) is 5.95. The van der Waals surface area contributed by atoms with Crippen molar-refractivity contribution in [2.45, 2.75) is 31.7 Å². The van der Waals surface area contributed by atoms with Crippen LogP contribution in [0.25, 0.3) is 0 Å². The lowest BCUT2D eigenvalue weighted by Gasteiger charge is -2.39. The van der Waals surface area contributed by atoms with E-state index in [1.165, 1.54) is 6.42 Å². The Morgan fingerprint density at radius 3 is 2.67 bits per heavy atom. The number of nitrogens with zero attached hydrogens (tertiary/aromatic N) is 2. The minimum absolute atomic E-state index is 0.157. The predicted molar refractivity (Wildman–Crippen MR) is 75.4 cm³/mol. The fourth-order valence-corrected chi connectivity index (χ4v) is 2.54. The van der Waals surface area contributed by atoms with Crippen molar-refractivity contribution in [3.8, 4) is 0 Å². The third kappa shape index (κ3) is 2.82. The number of hydrogen-bond acceptors (Lipinski definition) is 4. The molecule has 0 aliphatic heterocycles. The Kier molecular flexibility index (Phi) is 4.54. The maximum absolute atomic E-state index is 8.98. The second-order valence-electron chi connectivity index (χ2n) is 4.52. The molecule has 1 aliphatic rings. The number of rotatable bonds is 5. The number of aromatic nitrogens is 1. The SMILES string of the molecule is Nc1nc(N(CCCO)C2CCC2)c(Cl)cc1Cl.